The summed E-state index contributed by atoms with van der Waals surface area (Å²) in [6.07, 6.45) is 4.58. The minimum absolute atomic E-state index is 0. The lowest BCUT2D eigenvalue weighted by Crippen LogP contribution is -2.46. The predicted octanol–water partition coefficient (Wildman–Crippen LogP) is 2.98. The van der Waals surface area contributed by atoms with Gasteiger partial charge in [-0.15, -0.1) is 24.2 Å². The zero-order valence-electron chi connectivity index (χ0n) is 13.1. The van der Waals surface area contributed by atoms with Crippen LogP contribution in [0.4, 0.5) is 0 Å². The maximum absolute atomic E-state index is 13.0. The van der Waals surface area contributed by atoms with Crippen molar-refractivity contribution in [3.8, 4) is 0 Å². The molecule has 1 saturated heterocycles. The summed E-state index contributed by atoms with van der Waals surface area (Å²) in [6, 6.07) is 7.38. The minimum Gasteiger partial charge on any atom is -0.317 e. The molecule has 1 aromatic carbocycles. The normalized spacial score (nSPS) is 16.5. The van der Waals surface area contributed by atoms with Gasteiger partial charge in [-0.1, -0.05) is 13.0 Å². The fourth-order valence-corrected chi connectivity index (χ4v) is 5.07. The number of rotatable bonds is 6. The summed E-state index contributed by atoms with van der Waals surface area (Å²) in [4.78, 5) is 1.40. The van der Waals surface area contributed by atoms with Gasteiger partial charge >= 0.3 is 0 Å². The molecular formula is C15H25ClN2O2S2. The lowest BCUT2D eigenvalue weighted by molar-refractivity contribution is 0.262. The van der Waals surface area contributed by atoms with Gasteiger partial charge in [-0.05, 0) is 56.8 Å². The first kappa shape index (κ1) is 19.8. The van der Waals surface area contributed by atoms with Crippen molar-refractivity contribution in [3.63, 3.8) is 0 Å². The van der Waals surface area contributed by atoms with Crippen molar-refractivity contribution < 1.29 is 8.42 Å². The van der Waals surface area contributed by atoms with Crippen LogP contribution in [0.1, 0.15) is 26.2 Å². The number of thioether (sulfide) groups is 1. The Hall–Kier alpha value is -0.270. The van der Waals surface area contributed by atoms with Gasteiger partial charge in [0.25, 0.3) is 0 Å². The maximum Gasteiger partial charge on any atom is 0.243 e. The first-order chi connectivity index (χ1) is 10.1. The molecule has 0 aromatic heterocycles. The lowest BCUT2D eigenvalue weighted by Gasteiger charge is -2.33. The molecule has 0 amide bonds. The van der Waals surface area contributed by atoms with E-state index >= 15 is 0 Å². The number of halogens is 1. The zero-order valence-corrected chi connectivity index (χ0v) is 15.6. The van der Waals surface area contributed by atoms with Crippen molar-refractivity contribution in [1.82, 2.24) is 9.62 Å². The van der Waals surface area contributed by atoms with Gasteiger partial charge in [0.2, 0.25) is 10.0 Å². The maximum atomic E-state index is 13.0. The van der Waals surface area contributed by atoms with Crippen LogP contribution in [0.25, 0.3) is 0 Å². The van der Waals surface area contributed by atoms with Gasteiger partial charge in [0.05, 0.1) is 4.90 Å². The fraction of sp³-hybridized carbons (Fsp3) is 0.600. The third-order valence-electron chi connectivity index (χ3n) is 3.81. The molecule has 1 aliphatic rings. The number of nitrogens with one attached hydrogen (secondary N) is 1. The van der Waals surface area contributed by atoms with E-state index in [9.17, 15) is 8.42 Å². The van der Waals surface area contributed by atoms with E-state index in [4.69, 9.17) is 0 Å². The largest absolute Gasteiger partial charge is 0.317 e. The van der Waals surface area contributed by atoms with Crippen molar-refractivity contribution in [3.05, 3.63) is 24.3 Å². The van der Waals surface area contributed by atoms with Crippen molar-refractivity contribution in [2.45, 2.75) is 42.0 Å². The monoisotopic (exact) mass is 364 g/mol. The minimum atomic E-state index is -3.40. The van der Waals surface area contributed by atoms with Crippen LogP contribution in [0.5, 0.6) is 0 Å². The molecule has 0 spiro atoms. The first-order valence-corrected chi connectivity index (χ1v) is 10.1. The molecule has 0 saturated carbocycles. The molecule has 1 heterocycles. The van der Waals surface area contributed by atoms with Crippen molar-refractivity contribution in [2.24, 2.45) is 0 Å². The molecule has 0 bridgehead atoms. The average molecular weight is 365 g/mol. The Kier molecular flexibility index (Phi) is 8.21. The summed E-state index contributed by atoms with van der Waals surface area (Å²) in [5.41, 5.74) is 0. The molecule has 1 N–H and O–H groups in total. The van der Waals surface area contributed by atoms with Gasteiger partial charge in [-0.25, -0.2) is 8.42 Å². The zero-order chi connectivity index (χ0) is 15.3. The highest BCUT2D eigenvalue weighted by Gasteiger charge is 2.31. The number of benzene rings is 1. The second kappa shape index (κ2) is 9.13. The highest BCUT2D eigenvalue weighted by atomic mass is 35.5. The van der Waals surface area contributed by atoms with Crippen LogP contribution >= 0.6 is 24.2 Å². The Balaban J connectivity index is 0.00000242. The molecular weight excluding hydrogens is 340 g/mol. The summed E-state index contributed by atoms with van der Waals surface area (Å²) in [7, 11) is -3.40. The van der Waals surface area contributed by atoms with Gasteiger partial charge in [-0.2, -0.15) is 4.31 Å². The van der Waals surface area contributed by atoms with Gasteiger partial charge in [-0.3, -0.25) is 0 Å². The molecule has 0 radical (unpaired) electrons. The van der Waals surface area contributed by atoms with E-state index in [1.54, 1.807) is 28.2 Å². The number of sulfonamides is 1. The van der Waals surface area contributed by atoms with Crippen LogP contribution in [-0.2, 0) is 10.0 Å². The molecule has 0 unspecified atom stereocenters. The van der Waals surface area contributed by atoms with Gasteiger partial charge in [0.1, 0.15) is 0 Å². The van der Waals surface area contributed by atoms with Crippen molar-refractivity contribution in [2.75, 3.05) is 25.9 Å². The van der Waals surface area contributed by atoms with E-state index in [0.29, 0.717) is 11.4 Å². The fourth-order valence-electron chi connectivity index (χ4n) is 2.71. The Morgan fingerprint density at radius 1 is 1.32 bits per heavy atom. The third-order valence-corrected chi connectivity index (χ3v) is 6.48. The molecule has 7 heteroatoms. The first-order valence-electron chi connectivity index (χ1n) is 7.46. The smallest absolute Gasteiger partial charge is 0.243 e. The summed E-state index contributed by atoms with van der Waals surface area (Å²) in [5.74, 6) is 0. The summed E-state index contributed by atoms with van der Waals surface area (Å²) < 4.78 is 27.7. The van der Waals surface area contributed by atoms with Crippen LogP contribution in [0.15, 0.2) is 34.1 Å². The second-order valence-corrected chi connectivity index (χ2v) is 8.05. The van der Waals surface area contributed by atoms with Crippen LogP contribution in [0.3, 0.4) is 0 Å². The molecule has 1 fully saturated rings. The van der Waals surface area contributed by atoms with Crippen molar-refractivity contribution in [1.29, 1.82) is 0 Å². The average Bonchev–Trinajstić information content (AvgIpc) is 2.53. The Labute approximate surface area is 144 Å². The Morgan fingerprint density at radius 2 is 2.00 bits per heavy atom. The summed E-state index contributed by atoms with van der Waals surface area (Å²) in [6.45, 7) is 4.41. The number of nitrogens with zero attached hydrogens (tertiary/aromatic N) is 1. The van der Waals surface area contributed by atoms with E-state index in [2.05, 4.69) is 5.32 Å². The Bertz CT molecular complexity index is 560. The molecule has 0 atom stereocenters. The van der Waals surface area contributed by atoms with Gasteiger partial charge in [0.15, 0.2) is 0 Å². The topological polar surface area (TPSA) is 49.4 Å². The highest BCUT2D eigenvalue weighted by Crippen LogP contribution is 2.25. The van der Waals surface area contributed by atoms with Gasteiger partial charge in [0, 0.05) is 17.5 Å². The van der Waals surface area contributed by atoms with E-state index in [0.717, 1.165) is 37.2 Å². The molecule has 22 heavy (non-hydrogen) atoms. The van der Waals surface area contributed by atoms with Crippen molar-refractivity contribution >= 4 is 34.2 Å². The van der Waals surface area contributed by atoms with Crippen LogP contribution in [0, 0.1) is 0 Å². The predicted molar refractivity (Wildman–Crippen MR) is 95.5 cm³/mol. The molecule has 1 aliphatic heterocycles. The molecule has 0 aliphatic carbocycles. The summed E-state index contributed by atoms with van der Waals surface area (Å²) >= 11 is 1.57. The SMILES string of the molecule is CCCN(C1CCNCC1)S(=O)(=O)c1cccc(SC)c1.Cl. The van der Waals surface area contributed by atoms with E-state index in [1.807, 2.05) is 25.3 Å². The van der Waals surface area contributed by atoms with E-state index < -0.39 is 10.0 Å². The van der Waals surface area contributed by atoms with Gasteiger partial charge < -0.3 is 5.32 Å². The quantitative estimate of drug-likeness (QED) is 0.788. The standard InChI is InChI=1S/C15H24N2O2S2.ClH/c1-3-11-17(13-7-9-16-10-8-13)21(18,19)15-6-4-5-14(12-15)20-2;/h4-6,12-13,16H,3,7-11H2,1-2H3;1H. The van der Waals surface area contributed by atoms with Crippen LogP contribution in [0.2, 0.25) is 0 Å². The lowest BCUT2D eigenvalue weighted by atomic mass is 10.1. The number of piperidine rings is 1. The van der Waals surface area contributed by atoms with Crippen LogP contribution < -0.4 is 5.32 Å². The summed E-state index contributed by atoms with van der Waals surface area (Å²) in [5, 5.41) is 3.30. The number of hydrogen-bond donors (Lipinski definition) is 1. The second-order valence-electron chi connectivity index (χ2n) is 5.28. The third kappa shape index (κ3) is 4.61. The molecule has 126 valence electrons. The molecule has 4 nitrogen and oxygen atoms in total. The van der Waals surface area contributed by atoms with E-state index in [-0.39, 0.29) is 18.4 Å². The Morgan fingerprint density at radius 3 is 2.59 bits per heavy atom. The molecule has 1 aromatic rings. The molecule has 2 rings (SSSR count). The van der Waals surface area contributed by atoms with Crippen LogP contribution in [-0.4, -0.2) is 44.7 Å². The van der Waals surface area contributed by atoms with E-state index in [1.165, 1.54) is 0 Å². The highest BCUT2D eigenvalue weighted by molar-refractivity contribution is 7.98. The number of hydrogen-bond acceptors (Lipinski definition) is 4.